The summed E-state index contributed by atoms with van der Waals surface area (Å²) in [4.78, 5) is 19.3. The van der Waals surface area contributed by atoms with Crippen LogP contribution in [-0.4, -0.2) is 50.5 Å². The fourth-order valence-electron chi connectivity index (χ4n) is 3.20. The van der Waals surface area contributed by atoms with Crippen LogP contribution in [0.2, 0.25) is 0 Å². The first-order chi connectivity index (χ1) is 12.1. The summed E-state index contributed by atoms with van der Waals surface area (Å²) in [6.07, 6.45) is 8.05. The highest BCUT2D eigenvalue weighted by Gasteiger charge is 2.34. The summed E-state index contributed by atoms with van der Waals surface area (Å²) in [6.45, 7) is 5.34. The molecule has 2 N–H and O–H groups in total. The maximum Gasteiger partial charge on any atom is 0.243 e. The van der Waals surface area contributed by atoms with Crippen LogP contribution in [0, 0.1) is 0 Å². The molecule has 0 aromatic carbocycles. The van der Waals surface area contributed by atoms with Crippen molar-refractivity contribution < 1.29 is 4.79 Å². The molecule has 26 heavy (non-hydrogen) atoms. The molecule has 0 bridgehead atoms. The second kappa shape index (κ2) is 11.6. The average molecular weight is 490 g/mol. The number of carbonyl (C=O) groups is 1. The monoisotopic (exact) mass is 490 g/mol. The van der Waals surface area contributed by atoms with Crippen molar-refractivity contribution in [1.82, 2.24) is 15.5 Å². The second-order valence-electron chi connectivity index (χ2n) is 6.79. The lowest BCUT2D eigenvalue weighted by Gasteiger charge is -2.37. The van der Waals surface area contributed by atoms with Crippen molar-refractivity contribution >= 4 is 47.2 Å². The number of likely N-dealkylation sites (N-methyl/N-ethyl adjacent to an activating group) is 1. The Bertz CT molecular complexity index is 580. The zero-order chi connectivity index (χ0) is 18.1. The van der Waals surface area contributed by atoms with E-state index in [0.29, 0.717) is 12.5 Å². The molecule has 0 aliphatic heterocycles. The molecule has 0 spiro atoms. The highest BCUT2D eigenvalue weighted by Crippen LogP contribution is 2.41. The van der Waals surface area contributed by atoms with E-state index in [0.717, 1.165) is 6.54 Å². The first kappa shape index (κ1) is 23.0. The predicted octanol–water partition coefficient (Wildman–Crippen LogP) is 3.38. The minimum atomic E-state index is -0.00894. The highest BCUT2D eigenvalue weighted by molar-refractivity contribution is 14.0. The quantitative estimate of drug-likeness (QED) is 0.267. The Kier molecular flexibility index (Phi) is 10.2. The molecule has 1 aromatic heterocycles. The molecule has 1 aliphatic rings. The van der Waals surface area contributed by atoms with E-state index in [9.17, 15) is 4.79 Å². The standard InChI is InChI=1S/C19H30N4OS.HI/c1-4-12-20-18(21-14-17(24)23(2)3)22-15-19(10-6-5-7-11-19)16-9-8-13-25-16;/h4,8-9,13H,1,5-7,10-12,14-15H2,2-3H3,(H2,20,21,22);1H. The van der Waals surface area contributed by atoms with Crippen LogP contribution in [0.5, 0.6) is 0 Å². The lowest BCUT2D eigenvalue weighted by atomic mass is 9.73. The van der Waals surface area contributed by atoms with Gasteiger partial charge in [-0.15, -0.1) is 41.9 Å². The van der Waals surface area contributed by atoms with E-state index in [1.165, 1.54) is 37.0 Å². The van der Waals surface area contributed by atoms with Gasteiger partial charge < -0.3 is 15.5 Å². The summed E-state index contributed by atoms with van der Waals surface area (Å²) in [5.41, 5.74) is 0.175. The van der Waals surface area contributed by atoms with Gasteiger partial charge in [-0.05, 0) is 24.3 Å². The normalized spacial score (nSPS) is 16.3. The molecule has 1 amide bonds. The number of amides is 1. The van der Waals surface area contributed by atoms with Crippen LogP contribution in [0.25, 0.3) is 0 Å². The lowest BCUT2D eigenvalue weighted by Crippen LogP contribution is -2.46. The maximum atomic E-state index is 11.8. The van der Waals surface area contributed by atoms with E-state index in [1.807, 2.05) is 11.3 Å². The lowest BCUT2D eigenvalue weighted by molar-refractivity contribution is -0.127. The number of hydrogen-bond acceptors (Lipinski definition) is 3. The van der Waals surface area contributed by atoms with Gasteiger partial charge in [-0.3, -0.25) is 4.79 Å². The van der Waals surface area contributed by atoms with Crippen molar-refractivity contribution in [3.8, 4) is 0 Å². The SMILES string of the molecule is C=CCNC(=NCC(=O)N(C)C)NCC1(c2cccs2)CCCCC1.I. The minimum Gasteiger partial charge on any atom is -0.355 e. The summed E-state index contributed by atoms with van der Waals surface area (Å²) in [5.74, 6) is 0.668. The third-order valence-electron chi connectivity index (χ3n) is 4.73. The van der Waals surface area contributed by atoms with Gasteiger partial charge in [-0.1, -0.05) is 31.4 Å². The number of guanidine groups is 1. The maximum absolute atomic E-state index is 11.8. The molecule has 0 unspecified atom stereocenters. The molecule has 5 nitrogen and oxygen atoms in total. The zero-order valence-electron chi connectivity index (χ0n) is 15.8. The Morgan fingerprint density at radius 3 is 2.65 bits per heavy atom. The zero-order valence-corrected chi connectivity index (χ0v) is 18.9. The molecular formula is C19H31IN4OS. The summed E-state index contributed by atoms with van der Waals surface area (Å²) >= 11 is 1.84. The number of carbonyl (C=O) groups excluding carboxylic acids is 1. The van der Waals surface area contributed by atoms with Gasteiger partial charge in [0.15, 0.2) is 5.96 Å². The van der Waals surface area contributed by atoms with E-state index in [-0.39, 0.29) is 41.8 Å². The van der Waals surface area contributed by atoms with Crippen LogP contribution < -0.4 is 10.6 Å². The van der Waals surface area contributed by atoms with E-state index >= 15 is 0 Å². The molecule has 1 aliphatic carbocycles. The Morgan fingerprint density at radius 1 is 1.35 bits per heavy atom. The first-order valence-corrected chi connectivity index (χ1v) is 9.82. The summed E-state index contributed by atoms with van der Waals surface area (Å²) in [5, 5.41) is 8.85. The van der Waals surface area contributed by atoms with Crippen LogP contribution in [-0.2, 0) is 10.2 Å². The number of hydrogen-bond donors (Lipinski definition) is 2. The van der Waals surface area contributed by atoms with E-state index in [2.05, 4.69) is 39.7 Å². The fourth-order valence-corrected chi connectivity index (χ4v) is 4.19. The Labute approximate surface area is 178 Å². The van der Waals surface area contributed by atoms with Crippen molar-refractivity contribution in [3.05, 3.63) is 35.0 Å². The molecule has 1 fully saturated rings. The molecule has 7 heteroatoms. The molecule has 1 heterocycles. The fraction of sp³-hybridized carbons (Fsp3) is 0.579. The molecule has 146 valence electrons. The first-order valence-electron chi connectivity index (χ1n) is 8.94. The number of rotatable bonds is 7. The number of nitrogens with zero attached hydrogens (tertiary/aromatic N) is 2. The van der Waals surface area contributed by atoms with Crippen LogP contribution in [0.4, 0.5) is 0 Å². The average Bonchev–Trinajstić information content (AvgIpc) is 3.17. The molecule has 2 rings (SSSR count). The van der Waals surface area contributed by atoms with Gasteiger partial charge >= 0.3 is 0 Å². The van der Waals surface area contributed by atoms with Crippen LogP contribution in [0.1, 0.15) is 37.0 Å². The van der Waals surface area contributed by atoms with E-state index in [4.69, 9.17) is 0 Å². The Morgan fingerprint density at radius 2 is 2.08 bits per heavy atom. The summed E-state index contributed by atoms with van der Waals surface area (Å²) in [6, 6.07) is 4.39. The number of halogens is 1. The largest absolute Gasteiger partial charge is 0.355 e. The molecule has 0 radical (unpaired) electrons. The predicted molar refractivity (Wildman–Crippen MR) is 122 cm³/mol. The van der Waals surface area contributed by atoms with Crippen molar-refractivity contribution in [2.24, 2.45) is 4.99 Å². The van der Waals surface area contributed by atoms with E-state index in [1.54, 1.807) is 25.1 Å². The Balaban J connectivity index is 0.00000338. The van der Waals surface area contributed by atoms with Crippen molar-refractivity contribution in [3.63, 3.8) is 0 Å². The summed E-state index contributed by atoms with van der Waals surface area (Å²) in [7, 11) is 3.49. The van der Waals surface area contributed by atoms with Crippen LogP contribution in [0.3, 0.4) is 0 Å². The minimum absolute atomic E-state index is 0. The van der Waals surface area contributed by atoms with Crippen molar-refractivity contribution in [2.45, 2.75) is 37.5 Å². The van der Waals surface area contributed by atoms with Crippen molar-refractivity contribution in [2.75, 3.05) is 33.7 Å². The number of nitrogens with one attached hydrogen (secondary N) is 2. The molecular weight excluding hydrogens is 459 g/mol. The Hall–Kier alpha value is -1.09. The topological polar surface area (TPSA) is 56.7 Å². The smallest absolute Gasteiger partial charge is 0.243 e. The van der Waals surface area contributed by atoms with Gasteiger partial charge in [0.05, 0.1) is 0 Å². The molecule has 0 saturated heterocycles. The third kappa shape index (κ3) is 6.57. The third-order valence-corrected chi connectivity index (χ3v) is 5.85. The van der Waals surface area contributed by atoms with Gasteiger partial charge in [0.1, 0.15) is 6.54 Å². The number of aliphatic imine (C=N–C) groups is 1. The van der Waals surface area contributed by atoms with E-state index < -0.39 is 0 Å². The van der Waals surface area contributed by atoms with Gasteiger partial charge in [0, 0.05) is 37.5 Å². The molecule has 1 saturated carbocycles. The number of thiophene rings is 1. The van der Waals surface area contributed by atoms with Gasteiger partial charge in [-0.2, -0.15) is 0 Å². The van der Waals surface area contributed by atoms with Gasteiger partial charge in [0.25, 0.3) is 0 Å². The highest BCUT2D eigenvalue weighted by atomic mass is 127. The molecule has 0 atom stereocenters. The second-order valence-corrected chi connectivity index (χ2v) is 7.74. The van der Waals surface area contributed by atoms with Crippen LogP contribution in [0.15, 0.2) is 35.2 Å². The van der Waals surface area contributed by atoms with Crippen LogP contribution >= 0.6 is 35.3 Å². The van der Waals surface area contributed by atoms with Gasteiger partial charge in [0.2, 0.25) is 5.91 Å². The van der Waals surface area contributed by atoms with Gasteiger partial charge in [-0.25, -0.2) is 4.99 Å². The van der Waals surface area contributed by atoms with Crippen molar-refractivity contribution in [1.29, 1.82) is 0 Å². The summed E-state index contributed by atoms with van der Waals surface area (Å²) < 4.78 is 0. The molecule has 1 aromatic rings.